The van der Waals surface area contributed by atoms with Crippen molar-refractivity contribution in [3.05, 3.63) is 18.0 Å². The molecule has 142 valence electrons. The lowest BCUT2D eigenvalue weighted by Crippen LogP contribution is -2.57. The number of aromatic nitrogens is 4. The van der Waals surface area contributed by atoms with E-state index in [9.17, 15) is 0 Å². The van der Waals surface area contributed by atoms with Crippen LogP contribution in [0.25, 0.3) is 11.3 Å². The number of nitrogens with two attached hydrogens (primary N) is 1. The molecule has 2 saturated heterocycles. The first-order chi connectivity index (χ1) is 13.2. The Labute approximate surface area is 158 Å². The summed E-state index contributed by atoms with van der Waals surface area (Å²) < 4.78 is 5.59. The van der Waals surface area contributed by atoms with Crippen LogP contribution in [0.1, 0.15) is 12.5 Å². The molecule has 9 nitrogen and oxygen atoms in total. The fourth-order valence-corrected chi connectivity index (χ4v) is 3.97. The highest BCUT2D eigenvalue weighted by atomic mass is 16.5. The first-order valence-electron chi connectivity index (χ1n) is 9.51. The molecule has 3 N–H and O–H groups in total. The predicted octanol–water partition coefficient (Wildman–Crippen LogP) is 0.0752. The summed E-state index contributed by atoms with van der Waals surface area (Å²) in [4.78, 5) is 23.0. The summed E-state index contributed by atoms with van der Waals surface area (Å²) in [6, 6.07) is 0.749. The van der Waals surface area contributed by atoms with E-state index in [-0.39, 0.29) is 12.0 Å². The summed E-state index contributed by atoms with van der Waals surface area (Å²) >= 11 is 0. The number of hydrogen-bond acceptors (Lipinski definition) is 9. The first kappa shape index (κ1) is 16.6. The normalized spacial score (nSPS) is 22.6. The van der Waals surface area contributed by atoms with Gasteiger partial charge in [-0.15, -0.1) is 0 Å². The zero-order chi connectivity index (χ0) is 18.4. The Morgan fingerprint density at radius 3 is 2.67 bits per heavy atom. The Morgan fingerprint density at radius 2 is 1.96 bits per heavy atom. The minimum Gasteiger partial charge on any atom is -0.377 e. The summed E-state index contributed by atoms with van der Waals surface area (Å²) in [5, 5.41) is 3.36. The SMILES string of the molecule is C[C@H]1COCCN1c1nc(-c2cnc(N)nc2)c2c(n1)N(C1CNC1)CC2. The van der Waals surface area contributed by atoms with E-state index in [2.05, 4.69) is 32.0 Å². The molecule has 0 saturated carbocycles. The summed E-state index contributed by atoms with van der Waals surface area (Å²) in [5.74, 6) is 2.08. The van der Waals surface area contributed by atoms with Gasteiger partial charge in [-0.1, -0.05) is 0 Å². The number of ether oxygens (including phenoxy) is 1. The van der Waals surface area contributed by atoms with Crippen molar-refractivity contribution in [2.45, 2.75) is 25.4 Å². The smallest absolute Gasteiger partial charge is 0.228 e. The highest BCUT2D eigenvalue weighted by Gasteiger charge is 2.35. The molecule has 27 heavy (non-hydrogen) atoms. The molecule has 3 aliphatic rings. The van der Waals surface area contributed by atoms with Gasteiger partial charge in [0.25, 0.3) is 0 Å². The minimum absolute atomic E-state index is 0.243. The van der Waals surface area contributed by atoms with Gasteiger partial charge in [-0.25, -0.2) is 15.0 Å². The molecule has 2 aromatic rings. The average Bonchev–Trinajstić information content (AvgIpc) is 3.04. The number of anilines is 3. The Bertz CT molecular complexity index is 838. The fraction of sp³-hybridized carbons (Fsp3) is 0.556. The fourth-order valence-electron chi connectivity index (χ4n) is 3.97. The van der Waals surface area contributed by atoms with Gasteiger partial charge >= 0.3 is 0 Å². The van der Waals surface area contributed by atoms with E-state index in [1.54, 1.807) is 12.4 Å². The monoisotopic (exact) mass is 368 g/mol. The van der Waals surface area contributed by atoms with Gasteiger partial charge < -0.3 is 25.6 Å². The van der Waals surface area contributed by atoms with Crippen molar-refractivity contribution < 1.29 is 4.74 Å². The Balaban J connectivity index is 1.62. The molecule has 0 spiro atoms. The molecule has 5 heterocycles. The molecule has 2 fully saturated rings. The van der Waals surface area contributed by atoms with Crippen LogP contribution in [0.5, 0.6) is 0 Å². The predicted molar refractivity (Wildman–Crippen MR) is 103 cm³/mol. The molecule has 5 rings (SSSR count). The van der Waals surface area contributed by atoms with Gasteiger partial charge in [-0.05, 0) is 13.3 Å². The van der Waals surface area contributed by atoms with Crippen molar-refractivity contribution in [3.8, 4) is 11.3 Å². The van der Waals surface area contributed by atoms with Crippen LogP contribution in [0.15, 0.2) is 12.4 Å². The number of hydrogen-bond donors (Lipinski definition) is 2. The molecule has 3 aliphatic heterocycles. The summed E-state index contributed by atoms with van der Waals surface area (Å²) in [6.07, 6.45) is 4.44. The third-order valence-electron chi connectivity index (χ3n) is 5.62. The topological polar surface area (TPSA) is 105 Å². The largest absolute Gasteiger partial charge is 0.377 e. The van der Waals surface area contributed by atoms with E-state index in [1.165, 1.54) is 5.56 Å². The van der Waals surface area contributed by atoms with Gasteiger partial charge in [0.2, 0.25) is 11.9 Å². The quantitative estimate of drug-likeness (QED) is 0.779. The second kappa shape index (κ2) is 6.58. The van der Waals surface area contributed by atoms with Gasteiger partial charge in [-0.3, -0.25) is 0 Å². The molecule has 0 amide bonds. The van der Waals surface area contributed by atoms with Crippen LogP contribution in [0.4, 0.5) is 17.7 Å². The highest BCUT2D eigenvalue weighted by molar-refractivity contribution is 5.72. The van der Waals surface area contributed by atoms with Gasteiger partial charge in [-0.2, -0.15) is 4.98 Å². The number of fused-ring (bicyclic) bond motifs is 1. The number of nitrogens with zero attached hydrogens (tertiary/aromatic N) is 6. The van der Waals surface area contributed by atoms with E-state index in [0.29, 0.717) is 19.3 Å². The lowest BCUT2D eigenvalue weighted by molar-refractivity contribution is 0.0981. The summed E-state index contributed by atoms with van der Waals surface area (Å²) in [5.41, 5.74) is 8.67. The van der Waals surface area contributed by atoms with E-state index < -0.39 is 0 Å². The van der Waals surface area contributed by atoms with Crippen molar-refractivity contribution in [1.29, 1.82) is 0 Å². The molecule has 0 unspecified atom stereocenters. The second-order valence-electron chi connectivity index (χ2n) is 7.38. The highest BCUT2D eigenvalue weighted by Crippen LogP contribution is 2.37. The van der Waals surface area contributed by atoms with Gasteiger partial charge in [0, 0.05) is 49.7 Å². The van der Waals surface area contributed by atoms with E-state index in [4.69, 9.17) is 20.4 Å². The molecule has 2 aromatic heterocycles. The lowest BCUT2D eigenvalue weighted by atomic mass is 10.1. The maximum absolute atomic E-state index is 5.68. The third-order valence-corrected chi connectivity index (χ3v) is 5.62. The van der Waals surface area contributed by atoms with Gasteiger partial charge in [0.05, 0.1) is 31.0 Å². The van der Waals surface area contributed by atoms with Crippen molar-refractivity contribution in [1.82, 2.24) is 25.3 Å². The van der Waals surface area contributed by atoms with Crippen LogP contribution in [-0.4, -0.2) is 71.4 Å². The third kappa shape index (κ3) is 2.87. The zero-order valence-electron chi connectivity index (χ0n) is 15.4. The first-order valence-corrected chi connectivity index (χ1v) is 9.51. The van der Waals surface area contributed by atoms with Gasteiger partial charge in [0.15, 0.2) is 0 Å². The number of morpholine rings is 1. The molecular formula is C18H24N8O. The van der Waals surface area contributed by atoms with Crippen LogP contribution in [0.3, 0.4) is 0 Å². The van der Waals surface area contributed by atoms with Crippen molar-refractivity contribution in [3.63, 3.8) is 0 Å². The van der Waals surface area contributed by atoms with E-state index in [0.717, 1.165) is 55.6 Å². The van der Waals surface area contributed by atoms with E-state index in [1.807, 2.05) is 0 Å². The van der Waals surface area contributed by atoms with Crippen LogP contribution in [0, 0.1) is 0 Å². The average molecular weight is 368 g/mol. The standard InChI is InChI=1S/C18H24N8O/c1-11-10-27-5-4-25(11)18-23-15(12-6-21-17(19)22-7-12)14-2-3-26(16(14)24-18)13-8-20-9-13/h6-7,11,13,20H,2-5,8-10H2,1H3,(H2,19,21,22)/t11-/m0/s1. The molecule has 0 radical (unpaired) electrons. The second-order valence-corrected chi connectivity index (χ2v) is 7.38. The van der Waals surface area contributed by atoms with Crippen molar-refractivity contribution >= 4 is 17.7 Å². The molecule has 0 bridgehead atoms. The summed E-state index contributed by atoms with van der Waals surface area (Å²) in [7, 11) is 0. The van der Waals surface area contributed by atoms with Crippen LogP contribution in [-0.2, 0) is 11.2 Å². The van der Waals surface area contributed by atoms with Crippen LogP contribution >= 0.6 is 0 Å². The molecular weight excluding hydrogens is 344 g/mol. The maximum Gasteiger partial charge on any atom is 0.228 e. The van der Waals surface area contributed by atoms with Crippen LogP contribution < -0.4 is 20.9 Å². The van der Waals surface area contributed by atoms with Gasteiger partial charge in [0.1, 0.15) is 5.82 Å². The Kier molecular flexibility index (Phi) is 4.05. The number of rotatable bonds is 3. The molecule has 1 atom stereocenters. The molecule has 0 aromatic carbocycles. The van der Waals surface area contributed by atoms with Crippen molar-refractivity contribution in [2.75, 3.05) is 54.9 Å². The van der Waals surface area contributed by atoms with Crippen molar-refractivity contribution in [2.24, 2.45) is 0 Å². The molecule has 0 aliphatic carbocycles. The maximum atomic E-state index is 5.68. The Morgan fingerprint density at radius 1 is 1.15 bits per heavy atom. The Hall–Kier alpha value is -2.52. The summed E-state index contributed by atoms with van der Waals surface area (Å²) in [6.45, 7) is 7.32. The minimum atomic E-state index is 0.243. The number of nitrogen functional groups attached to an aromatic ring is 1. The zero-order valence-corrected chi connectivity index (χ0v) is 15.4. The molecule has 9 heteroatoms. The number of nitrogens with one attached hydrogen (secondary N) is 1. The lowest BCUT2D eigenvalue weighted by Gasteiger charge is -2.38. The van der Waals surface area contributed by atoms with Crippen LogP contribution in [0.2, 0.25) is 0 Å². The van der Waals surface area contributed by atoms with E-state index >= 15 is 0 Å².